The number of rotatable bonds is 1. The van der Waals surface area contributed by atoms with Crippen LogP contribution in [0.5, 0.6) is 0 Å². The van der Waals surface area contributed by atoms with Gasteiger partial charge in [0.05, 0.1) is 0 Å². The molecule has 0 N–H and O–H groups in total. The van der Waals surface area contributed by atoms with Crippen LogP contribution in [-0.2, 0) is 0 Å². The van der Waals surface area contributed by atoms with Gasteiger partial charge in [-0.25, -0.2) is 0 Å². The standard InChI is InChI=1S/C21H16/c1-15-5-4-8-16(11-15)19-9-10-20-12-17-6-2-3-7-18(17)13-21(20)14-19/h2-14H,1H3. The van der Waals surface area contributed by atoms with E-state index >= 15 is 0 Å². The highest BCUT2D eigenvalue weighted by Crippen LogP contribution is 2.28. The Morgan fingerprint density at radius 3 is 1.90 bits per heavy atom. The van der Waals surface area contributed by atoms with Gasteiger partial charge in [0.15, 0.2) is 0 Å². The SMILES string of the molecule is Cc1cccc(-c2ccc3cc4ccccc4cc3c2)c1. The maximum absolute atomic E-state index is 2.29. The first-order valence-corrected chi connectivity index (χ1v) is 7.29. The number of benzene rings is 4. The maximum Gasteiger partial charge on any atom is -0.0171 e. The molecular formula is C21H16. The normalized spacial score (nSPS) is 11.1. The molecule has 0 aliphatic carbocycles. The topological polar surface area (TPSA) is 0 Å². The lowest BCUT2D eigenvalue weighted by atomic mass is 9.98. The van der Waals surface area contributed by atoms with Gasteiger partial charge in [0, 0.05) is 0 Å². The van der Waals surface area contributed by atoms with E-state index in [1.807, 2.05) is 0 Å². The summed E-state index contributed by atoms with van der Waals surface area (Å²) >= 11 is 0. The number of aryl methyl sites for hydroxylation is 1. The maximum atomic E-state index is 2.29. The Labute approximate surface area is 124 Å². The van der Waals surface area contributed by atoms with Gasteiger partial charge in [-0.05, 0) is 57.8 Å². The molecule has 0 saturated heterocycles. The fraction of sp³-hybridized carbons (Fsp3) is 0.0476. The van der Waals surface area contributed by atoms with Gasteiger partial charge in [-0.3, -0.25) is 0 Å². The van der Waals surface area contributed by atoms with Gasteiger partial charge in [-0.15, -0.1) is 0 Å². The van der Waals surface area contributed by atoms with Gasteiger partial charge >= 0.3 is 0 Å². The molecule has 0 aliphatic heterocycles. The third-order valence-electron chi connectivity index (χ3n) is 4.06. The van der Waals surface area contributed by atoms with Crippen LogP contribution in [0.25, 0.3) is 32.7 Å². The largest absolute Gasteiger partial charge is 0.0616 e. The summed E-state index contributed by atoms with van der Waals surface area (Å²) in [7, 11) is 0. The van der Waals surface area contributed by atoms with Crippen molar-refractivity contribution in [2.45, 2.75) is 6.92 Å². The molecular weight excluding hydrogens is 252 g/mol. The first-order valence-electron chi connectivity index (χ1n) is 7.29. The first-order chi connectivity index (χ1) is 10.3. The minimum Gasteiger partial charge on any atom is -0.0616 e. The average Bonchev–Trinajstić information content (AvgIpc) is 2.52. The van der Waals surface area contributed by atoms with E-state index in [0.29, 0.717) is 0 Å². The molecule has 0 saturated carbocycles. The molecule has 0 atom stereocenters. The van der Waals surface area contributed by atoms with Crippen molar-refractivity contribution in [2.24, 2.45) is 0 Å². The van der Waals surface area contributed by atoms with E-state index in [4.69, 9.17) is 0 Å². The van der Waals surface area contributed by atoms with Crippen molar-refractivity contribution in [1.82, 2.24) is 0 Å². The Kier molecular flexibility index (Phi) is 2.75. The molecule has 4 aromatic carbocycles. The highest BCUT2D eigenvalue weighted by Gasteiger charge is 2.02. The molecule has 0 fully saturated rings. The third kappa shape index (κ3) is 2.19. The molecule has 0 heterocycles. The van der Waals surface area contributed by atoms with E-state index < -0.39 is 0 Å². The molecule has 0 heteroatoms. The van der Waals surface area contributed by atoms with Crippen molar-refractivity contribution >= 4 is 21.5 Å². The molecule has 21 heavy (non-hydrogen) atoms. The van der Waals surface area contributed by atoms with Gasteiger partial charge < -0.3 is 0 Å². The lowest BCUT2D eigenvalue weighted by molar-refractivity contribution is 1.47. The highest BCUT2D eigenvalue weighted by molar-refractivity contribution is 5.99. The van der Waals surface area contributed by atoms with Crippen molar-refractivity contribution in [3.63, 3.8) is 0 Å². The lowest BCUT2D eigenvalue weighted by Crippen LogP contribution is -1.81. The van der Waals surface area contributed by atoms with E-state index in [-0.39, 0.29) is 0 Å². The van der Waals surface area contributed by atoms with Crippen molar-refractivity contribution < 1.29 is 0 Å². The van der Waals surface area contributed by atoms with Crippen molar-refractivity contribution in [2.75, 3.05) is 0 Å². The summed E-state index contributed by atoms with van der Waals surface area (Å²) in [6.45, 7) is 2.14. The fourth-order valence-corrected chi connectivity index (χ4v) is 2.94. The molecule has 100 valence electrons. The predicted molar refractivity (Wildman–Crippen MR) is 91.6 cm³/mol. The molecule has 0 amide bonds. The Morgan fingerprint density at radius 2 is 1.14 bits per heavy atom. The van der Waals surface area contributed by atoms with Crippen molar-refractivity contribution in [3.05, 3.63) is 84.4 Å². The Bertz CT molecular complexity index is 948. The van der Waals surface area contributed by atoms with E-state index in [1.54, 1.807) is 0 Å². The second kappa shape index (κ2) is 4.75. The molecule has 0 unspecified atom stereocenters. The van der Waals surface area contributed by atoms with Gasteiger partial charge in [0.1, 0.15) is 0 Å². The van der Waals surface area contributed by atoms with Crippen LogP contribution >= 0.6 is 0 Å². The smallest absolute Gasteiger partial charge is 0.0171 e. The summed E-state index contributed by atoms with van der Waals surface area (Å²) in [6.07, 6.45) is 0. The average molecular weight is 268 g/mol. The second-order valence-corrected chi connectivity index (χ2v) is 5.63. The Morgan fingerprint density at radius 1 is 0.476 bits per heavy atom. The zero-order chi connectivity index (χ0) is 14.2. The van der Waals surface area contributed by atoms with Crippen molar-refractivity contribution in [1.29, 1.82) is 0 Å². The molecule has 4 aromatic rings. The lowest BCUT2D eigenvalue weighted by Gasteiger charge is -2.07. The second-order valence-electron chi connectivity index (χ2n) is 5.63. The van der Waals surface area contributed by atoms with Gasteiger partial charge in [0.25, 0.3) is 0 Å². The molecule has 0 bridgehead atoms. The van der Waals surface area contributed by atoms with E-state index in [2.05, 4.69) is 85.8 Å². The molecule has 0 radical (unpaired) electrons. The van der Waals surface area contributed by atoms with Gasteiger partial charge in [-0.1, -0.05) is 66.2 Å². The van der Waals surface area contributed by atoms with Crippen LogP contribution in [-0.4, -0.2) is 0 Å². The van der Waals surface area contributed by atoms with Gasteiger partial charge in [-0.2, -0.15) is 0 Å². The van der Waals surface area contributed by atoms with E-state index in [1.165, 1.54) is 38.2 Å². The number of hydrogen-bond acceptors (Lipinski definition) is 0. The number of fused-ring (bicyclic) bond motifs is 2. The summed E-state index contributed by atoms with van der Waals surface area (Å²) in [5, 5.41) is 5.19. The van der Waals surface area contributed by atoms with Crippen LogP contribution in [0.15, 0.2) is 78.9 Å². The van der Waals surface area contributed by atoms with Crippen LogP contribution in [0.4, 0.5) is 0 Å². The highest BCUT2D eigenvalue weighted by atomic mass is 14.1. The third-order valence-corrected chi connectivity index (χ3v) is 4.06. The summed E-state index contributed by atoms with van der Waals surface area (Å²) in [5.41, 5.74) is 3.86. The molecule has 0 aromatic heterocycles. The molecule has 0 spiro atoms. The van der Waals surface area contributed by atoms with Gasteiger partial charge in [0.2, 0.25) is 0 Å². The monoisotopic (exact) mass is 268 g/mol. The van der Waals surface area contributed by atoms with Crippen molar-refractivity contribution in [3.8, 4) is 11.1 Å². The first kappa shape index (κ1) is 12.2. The molecule has 4 rings (SSSR count). The van der Waals surface area contributed by atoms with Crippen LogP contribution in [0.2, 0.25) is 0 Å². The van der Waals surface area contributed by atoms with Crippen LogP contribution in [0.1, 0.15) is 5.56 Å². The van der Waals surface area contributed by atoms with E-state index in [9.17, 15) is 0 Å². The zero-order valence-corrected chi connectivity index (χ0v) is 12.0. The quantitative estimate of drug-likeness (QED) is 0.373. The molecule has 0 aliphatic rings. The van der Waals surface area contributed by atoms with Crippen LogP contribution in [0.3, 0.4) is 0 Å². The predicted octanol–water partition coefficient (Wildman–Crippen LogP) is 5.97. The zero-order valence-electron chi connectivity index (χ0n) is 12.0. The van der Waals surface area contributed by atoms with Crippen LogP contribution in [0, 0.1) is 6.92 Å². The number of hydrogen-bond donors (Lipinski definition) is 0. The minimum absolute atomic E-state index is 1.28. The van der Waals surface area contributed by atoms with Crippen LogP contribution < -0.4 is 0 Å². The van der Waals surface area contributed by atoms with E-state index in [0.717, 1.165) is 0 Å². The Hall–Kier alpha value is -2.60. The fourth-order valence-electron chi connectivity index (χ4n) is 2.94. The summed E-state index contributed by atoms with van der Waals surface area (Å²) in [5.74, 6) is 0. The molecule has 0 nitrogen and oxygen atoms in total. The Balaban J connectivity index is 1.95. The summed E-state index contributed by atoms with van der Waals surface area (Å²) in [6, 6.07) is 28.5. The summed E-state index contributed by atoms with van der Waals surface area (Å²) in [4.78, 5) is 0. The summed E-state index contributed by atoms with van der Waals surface area (Å²) < 4.78 is 0. The minimum atomic E-state index is 1.28.